The lowest BCUT2D eigenvalue weighted by Gasteiger charge is -2.37. The number of halogens is 1. The van der Waals surface area contributed by atoms with Gasteiger partial charge in [-0.15, -0.1) is 0 Å². The third-order valence-corrected chi connectivity index (χ3v) is 4.65. The Morgan fingerprint density at radius 1 is 1.38 bits per heavy atom. The topological polar surface area (TPSA) is 67.8 Å². The summed E-state index contributed by atoms with van der Waals surface area (Å²) in [6, 6.07) is 8.04. The highest BCUT2D eigenvalue weighted by atomic mass is 79.9. The second-order valence-electron chi connectivity index (χ2n) is 5.66. The van der Waals surface area contributed by atoms with Crippen molar-refractivity contribution in [3.63, 3.8) is 0 Å². The third-order valence-electron chi connectivity index (χ3n) is 4.12. The average molecular weight is 398 g/mol. The fraction of sp³-hybridized carbons (Fsp3) is 0.500. The number of hydrogen-bond donors (Lipinski definition) is 2. The van der Waals surface area contributed by atoms with Gasteiger partial charge in [-0.2, -0.15) is 0 Å². The van der Waals surface area contributed by atoms with E-state index in [1.807, 2.05) is 37.3 Å². The third kappa shape index (κ3) is 4.59. The molecule has 2 N–H and O–H groups in total. The molecule has 1 aromatic carbocycles. The number of nitrogens with one attached hydrogen (secondary N) is 1. The summed E-state index contributed by atoms with van der Waals surface area (Å²) in [5, 5.41) is 11.8. The van der Waals surface area contributed by atoms with E-state index in [-0.39, 0.29) is 30.1 Å². The van der Waals surface area contributed by atoms with Gasteiger partial charge in [-0.3, -0.25) is 4.79 Å². The monoisotopic (exact) mass is 397 g/mol. The molecule has 1 amide bonds. The Labute approximate surface area is 151 Å². The SMILES string of the molecule is CCO[C@@H]1OC(C(=O)NC)=C[C@H](c2ccc(Br)cc2)[C@@H]1CCCO. The number of carbonyl (C=O) groups is 1. The van der Waals surface area contributed by atoms with Crippen LogP contribution in [-0.2, 0) is 14.3 Å². The number of allylic oxidation sites excluding steroid dienone is 1. The van der Waals surface area contributed by atoms with Gasteiger partial charge in [0.2, 0.25) is 6.29 Å². The molecule has 24 heavy (non-hydrogen) atoms. The smallest absolute Gasteiger partial charge is 0.285 e. The number of rotatable bonds is 7. The standard InChI is InChI=1S/C18H24BrNO4/c1-3-23-18-14(5-4-10-21)15(11-16(24-18)17(22)20-2)12-6-8-13(19)9-7-12/h6-9,11,14-15,18,21H,3-5,10H2,1-2H3,(H,20,22)/t14-,15+,18+/m0/s1. The molecule has 0 aromatic heterocycles. The first-order valence-corrected chi connectivity index (χ1v) is 8.98. The molecule has 0 saturated heterocycles. The predicted octanol–water partition coefficient (Wildman–Crippen LogP) is 2.94. The van der Waals surface area contributed by atoms with E-state index < -0.39 is 6.29 Å². The molecule has 0 fully saturated rings. The van der Waals surface area contributed by atoms with Crippen molar-refractivity contribution in [1.82, 2.24) is 5.32 Å². The minimum absolute atomic E-state index is 0.0118. The highest BCUT2D eigenvalue weighted by Crippen LogP contribution is 2.39. The van der Waals surface area contributed by atoms with Crippen molar-refractivity contribution in [2.24, 2.45) is 5.92 Å². The van der Waals surface area contributed by atoms with Crippen LogP contribution in [-0.4, -0.2) is 37.6 Å². The van der Waals surface area contributed by atoms with Gasteiger partial charge in [-0.05, 0) is 43.5 Å². The molecule has 0 aliphatic carbocycles. The van der Waals surface area contributed by atoms with E-state index in [2.05, 4.69) is 21.2 Å². The van der Waals surface area contributed by atoms with Crippen LogP contribution in [0.3, 0.4) is 0 Å². The van der Waals surface area contributed by atoms with Crippen LogP contribution in [0.25, 0.3) is 0 Å². The summed E-state index contributed by atoms with van der Waals surface area (Å²) >= 11 is 3.45. The lowest BCUT2D eigenvalue weighted by Crippen LogP contribution is -2.38. The lowest BCUT2D eigenvalue weighted by atomic mass is 9.80. The molecule has 1 aliphatic rings. The summed E-state index contributed by atoms with van der Waals surface area (Å²) in [5.74, 6) is 0.0421. The fourth-order valence-electron chi connectivity index (χ4n) is 2.95. The van der Waals surface area contributed by atoms with Gasteiger partial charge in [-0.1, -0.05) is 28.1 Å². The van der Waals surface area contributed by atoms with Crippen molar-refractivity contribution in [1.29, 1.82) is 0 Å². The molecule has 6 heteroatoms. The van der Waals surface area contributed by atoms with E-state index in [1.54, 1.807) is 7.05 Å². The Morgan fingerprint density at radius 3 is 2.67 bits per heavy atom. The Morgan fingerprint density at radius 2 is 2.08 bits per heavy atom. The first-order chi connectivity index (χ1) is 11.6. The maximum absolute atomic E-state index is 12.1. The highest BCUT2D eigenvalue weighted by molar-refractivity contribution is 9.10. The van der Waals surface area contributed by atoms with E-state index in [9.17, 15) is 9.90 Å². The van der Waals surface area contributed by atoms with Gasteiger partial charge in [0.15, 0.2) is 5.76 Å². The van der Waals surface area contributed by atoms with Crippen molar-refractivity contribution in [2.75, 3.05) is 20.3 Å². The number of benzene rings is 1. The van der Waals surface area contributed by atoms with Crippen LogP contribution in [0.15, 0.2) is 40.6 Å². The Bertz CT molecular complexity index is 573. The molecule has 1 aromatic rings. The summed E-state index contributed by atoms with van der Waals surface area (Å²) in [6.45, 7) is 2.52. The molecule has 0 radical (unpaired) electrons. The molecule has 0 spiro atoms. The first-order valence-electron chi connectivity index (χ1n) is 8.19. The summed E-state index contributed by atoms with van der Waals surface area (Å²) < 4.78 is 12.6. The summed E-state index contributed by atoms with van der Waals surface area (Å²) in [6.07, 6.45) is 2.76. The van der Waals surface area contributed by atoms with Gasteiger partial charge in [0, 0.05) is 36.6 Å². The summed E-state index contributed by atoms with van der Waals surface area (Å²) in [7, 11) is 1.58. The van der Waals surface area contributed by atoms with Crippen LogP contribution in [0.1, 0.15) is 31.2 Å². The van der Waals surface area contributed by atoms with Crippen LogP contribution in [0.5, 0.6) is 0 Å². The lowest BCUT2D eigenvalue weighted by molar-refractivity contribution is -0.166. The highest BCUT2D eigenvalue weighted by Gasteiger charge is 2.37. The molecule has 5 nitrogen and oxygen atoms in total. The van der Waals surface area contributed by atoms with E-state index in [1.165, 1.54) is 0 Å². The fourth-order valence-corrected chi connectivity index (χ4v) is 3.22. The van der Waals surface area contributed by atoms with Crippen LogP contribution < -0.4 is 5.32 Å². The zero-order chi connectivity index (χ0) is 17.5. The normalized spacial score (nSPS) is 23.3. The number of aliphatic hydroxyl groups excluding tert-OH is 1. The Kier molecular flexibility index (Phi) is 7.27. The van der Waals surface area contributed by atoms with Gasteiger partial charge in [0.05, 0.1) is 0 Å². The predicted molar refractivity (Wildman–Crippen MR) is 95.3 cm³/mol. The summed E-state index contributed by atoms with van der Waals surface area (Å²) in [5.41, 5.74) is 1.09. The van der Waals surface area contributed by atoms with Crippen LogP contribution >= 0.6 is 15.9 Å². The van der Waals surface area contributed by atoms with Gasteiger partial charge in [0.1, 0.15) is 0 Å². The maximum Gasteiger partial charge on any atom is 0.285 e. The average Bonchev–Trinajstić information content (AvgIpc) is 2.60. The van der Waals surface area contributed by atoms with Crippen molar-refractivity contribution in [2.45, 2.75) is 32.0 Å². The Hall–Kier alpha value is -1.37. The minimum Gasteiger partial charge on any atom is -0.459 e. The number of aliphatic hydroxyl groups is 1. The number of likely N-dealkylation sites (N-methyl/N-ethyl adjacent to an activating group) is 1. The molecule has 1 aliphatic heterocycles. The van der Waals surface area contributed by atoms with Crippen molar-refractivity contribution >= 4 is 21.8 Å². The Balaban J connectivity index is 2.39. The number of carbonyl (C=O) groups excluding carboxylic acids is 1. The second-order valence-corrected chi connectivity index (χ2v) is 6.57. The zero-order valence-electron chi connectivity index (χ0n) is 14.0. The molecule has 132 valence electrons. The minimum atomic E-state index is -0.507. The quantitative estimate of drug-likeness (QED) is 0.741. The maximum atomic E-state index is 12.1. The second kappa shape index (κ2) is 9.20. The molecule has 0 bridgehead atoms. The van der Waals surface area contributed by atoms with Gasteiger partial charge in [0.25, 0.3) is 5.91 Å². The molecular formula is C18H24BrNO4. The van der Waals surface area contributed by atoms with Crippen LogP contribution in [0.2, 0.25) is 0 Å². The zero-order valence-corrected chi connectivity index (χ0v) is 15.6. The van der Waals surface area contributed by atoms with Gasteiger partial charge in [-0.25, -0.2) is 0 Å². The van der Waals surface area contributed by atoms with E-state index in [4.69, 9.17) is 9.47 Å². The van der Waals surface area contributed by atoms with E-state index in [0.717, 1.165) is 16.5 Å². The number of ether oxygens (including phenoxy) is 2. The largest absolute Gasteiger partial charge is 0.459 e. The van der Waals surface area contributed by atoms with Gasteiger partial charge < -0.3 is 19.9 Å². The first kappa shape index (κ1) is 19.0. The van der Waals surface area contributed by atoms with Crippen molar-refractivity contribution in [3.05, 3.63) is 46.1 Å². The molecule has 1 heterocycles. The molecule has 2 rings (SSSR count). The van der Waals surface area contributed by atoms with Crippen LogP contribution in [0, 0.1) is 5.92 Å². The molecule has 0 unspecified atom stereocenters. The number of amides is 1. The van der Waals surface area contributed by atoms with E-state index >= 15 is 0 Å². The van der Waals surface area contributed by atoms with Crippen molar-refractivity contribution in [3.8, 4) is 0 Å². The van der Waals surface area contributed by atoms with Crippen LogP contribution in [0.4, 0.5) is 0 Å². The molecule has 3 atom stereocenters. The number of hydrogen-bond acceptors (Lipinski definition) is 4. The molecular weight excluding hydrogens is 374 g/mol. The summed E-state index contributed by atoms with van der Waals surface area (Å²) in [4.78, 5) is 12.1. The van der Waals surface area contributed by atoms with E-state index in [0.29, 0.717) is 13.0 Å². The van der Waals surface area contributed by atoms with Crippen molar-refractivity contribution < 1.29 is 19.4 Å². The van der Waals surface area contributed by atoms with Gasteiger partial charge >= 0.3 is 0 Å². The molecule has 0 saturated carbocycles.